The molecular formula is C4H11O4P. The highest BCUT2D eigenvalue weighted by molar-refractivity contribution is 7.39. The van der Waals surface area contributed by atoms with Crippen molar-refractivity contribution >= 4 is 8.60 Å². The summed E-state index contributed by atoms with van der Waals surface area (Å²) in [4.78, 5) is 16.5. The number of aliphatic hydroxyl groups is 1. The largest absolute Gasteiger partial charge is 0.365 e. The van der Waals surface area contributed by atoms with Gasteiger partial charge in [0.25, 0.3) is 0 Å². The molecule has 0 amide bonds. The minimum absolute atomic E-state index is 0.326. The first-order valence-electron chi connectivity index (χ1n) is 2.57. The fraction of sp³-hybridized carbons (Fsp3) is 1.00. The van der Waals surface area contributed by atoms with Gasteiger partial charge >= 0.3 is 8.60 Å². The van der Waals surface area contributed by atoms with Gasteiger partial charge in [-0.25, -0.2) is 0 Å². The Hall–Kier alpha value is 0.270. The molecule has 1 atom stereocenters. The molecule has 9 heavy (non-hydrogen) atoms. The molecule has 3 N–H and O–H groups in total. The SMILES string of the molecule is CCC(C)(O)OP(O)O. The number of rotatable bonds is 3. The van der Waals surface area contributed by atoms with E-state index in [2.05, 4.69) is 4.52 Å². The Bertz CT molecular complexity index is 82.6. The quantitative estimate of drug-likeness (QED) is 0.404. The van der Waals surface area contributed by atoms with Gasteiger partial charge in [0.2, 0.25) is 0 Å². The van der Waals surface area contributed by atoms with E-state index in [9.17, 15) is 0 Å². The van der Waals surface area contributed by atoms with Crippen LogP contribution >= 0.6 is 8.60 Å². The summed E-state index contributed by atoms with van der Waals surface area (Å²) in [6.45, 7) is 3.05. The van der Waals surface area contributed by atoms with Crippen molar-refractivity contribution in [3.8, 4) is 0 Å². The molecule has 0 aliphatic rings. The maximum absolute atomic E-state index is 8.97. The van der Waals surface area contributed by atoms with Gasteiger partial charge in [0.1, 0.15) is 0 Å². The molecule has 0 radical (unpaired) electrons. The molecule has 0 saturated heterocycles. The van der Waals surface area contributed by atoms with E-state index in [1.54, 1.807) is 6.92 Å². The van der Waals surface area contributed by atoms with Crippen LogP contribution in [0.1, 0.15) is 20.3 Å². The van der Waals surface area contributed by atoms with Crippen LogP contribution in [0.3, 0.4) is 0 Å². The van der Waals surface area contributed by atoms with Gasteiger partial charge in [-0.3, -0.25) is 4.52 Å². The summed E-state index contributed by atoms with van der Waals surface area (Å²) in [5.74, 6) is -1.41. The van der Waals surface area contributed by atoms with Gasteiger partial charge < -0.3 is 14.9 Å². The molecule has 1 unspecified atom stereocenters. The third-order valence-electron chi connectivity index (χ3n) is 0.934. The Morgan fingerprint density at radius 1 is 1.56 bits per heavy atom. The smallest absolute Gasteiger partial charge is 0.329 e. The summed E-state index contributed by atoms with van der Waals surface area (Å²) >= 11 is 0. The Morgan fingerprint density at radius 3 is 2.11 bits per heavy atom. The minimum atomic E-state index is -2.44. The monoisotopic (exact) mass is 154 g/mol. The molecule has 56 valence electrons. The van der Waals surface area contributed by atoms with E-state index in [0.717, 1.165) is 0 Å². The zero-order valence-corrected chi connectivity index (χ0v) is 6.30. The first-order chi connectivity index (χ1) is 3.98. The van der Waals surface area contributed by atoms with Crippen molar-refractivity contribution in [2.24, 2.45) is 0 Å². The summed E-state index contributed by atoms with van der Waals surface area (Å²) in [5.41, 5.74) is 0. The van der Waals surface area contributed by atoms with Crippen LogP contribution in [-0.2, 0) is 4.52 Å². The molecule has 0 fully saturated rings. The van der Waals surface area contributed by atoms with Gasteiger partial charge in [-0.15, -0.1) is 0 Å². The zero-order valence-electron chi connectivity index (χ0n) is 5.40. The number of hydrogen-bond donors (Lipinski definition) is 3. The Kier molecular flexibility index (Phi) is 3.54. The molecular weight excluding hydrogens is 143 g/mol. The van der Waals surface area contributed by atoms with Crippen LogP contribution in [0.5, 0.6) is 0 Å². The second kappa shape index (κ2) is 3.44. The molecule has 0 heterocycles. The molecule has 4 nitrogen and oxygen atoms in total. The van der Waals surface area contributed by atoms with E-state index >= 15 is 0 Å². The fourth-order valence-corrected chi connectivity index (χ4v) is 0.721. The first kappa shape index (κ1) is 9.27. The van der Waals surface area contributed by atoms with Crippen molar-refractivity contribution in [3.05, 3.63) is 0 Å². The Labute approximate surface area is 55.1 Å². The van der Waals surface area contributed by atoms with Crippen molar-refractivity contribution in [2.75, 3.05) is 0 Å². The highest BCUT2D eigenvalue weighted by Gasteiger charge is 2.21. The normalized spacial score (nSPS) is 18.0. The fourth-order valence-electron chi connectivity index (χ4n) is 0.240. The van der Waals surface area contributed by atoms with Crippen molar-refractivity contribution in [1.29, 1.82) is 0 Å². The Balaban J connectivity index is 3.58. The third kappa shape index (κ3) is 4.75. The average Bonchev–Trinajstić information content (AvgIpc) is 1.63. The van der Waals surface area contributed by atoms with Crippen LogP contribution in [0.4, 0.5) is 0 Å². The Morgan fingerprint density at radius 2 is 2.00 bits per heavy atom. The van der Waals surface area contributed by atoms with Gasteiger partial charge in [-0.2, -0.15) is 0 Å². The molecule has 0 saturated carbocycles. The highest BCUT2D eigenvalue weighted by Crippen LogP contribution is 2.32. The predicted octanol–water partition coefficient (Wildman–Crippen LogP) is 0.333. The van der Waals surface area contributed by atoms with Crippen LogP contribution < -0.4 is 0 Å². The summed E-state index contributed by atoms with van der Waals surface area (Å²) < 4.78 is 4.32. The van der Waals surface area contributed by atoms with Crippen LogP contribution in [-0.4, -0.2) is 20.7 Å². The van der Waals surface area contributed by atoms with Crippen molar-refractivity contribution in [2.45, 2.75) is 26.1 Å². The van der Waals surface area contributed by atoms with Crippen LogP contribution in [0.15, 0.2) is 0 Å². The maximum Gasteiger partial charge on any atom is 0.329 e. The van der Waals surface area contributed by atoms with E-state index in [0.29, 0.717) is 6.42 Å². The van der Waals surface area contributed by atoms with E-state index in [1.807, 2.05) is 0 Å². The standard InChI is InChI=1S/C4H11O4P/c1-3-4(2,5)8-9(6)7/h5-7H,3H2,1-2H3. The first-order valence-corrected chi connectivity index (χ1v) is 3.74. The molecule has 0 aromatic rings. The van der Waals surface area contributed by atoms with Gasteiger partial charge in [0.15, 0.2) is 5.79 Å². The lowest BCUT2D eigenvalue weighted by Crippen LogP contribution is -2.24. The number of hydrogen-bond acceptors (Lipinski definition) is 4. The van der Waals surface area contributed by atoms with Gasteiger partial charge in [-0.05, 0) is 13.3 Å². The van der Waals surface area contributed by atoms with E-state index in [4.69, 9.17) is 14.9 Å². The van der Waals surface area contributed by atoms with Gasteiger partial charge in [0, 0.05) is 0 Å². The van der Waals surface area contributed by atoms with Crippen LogP contribution in [0.25, 0.3) is 0 Å². The lowest BCUT2D eigenvalue weighted by atomic mass is 10.3. The third-order valence-corrected chi connectivity index (χ3v) is 1.49. The van der Waals surface area contributed by atoms with Crippen LogP contribution in [0, 0.1) is 0 Å². The molecule has 0 aromatic carbocycles. The summed E-state index contributed by atoms with van der Waals surface area (Å²) in [7, 11) is -2.44. The molecule has 0 aromatic heterocycles. The second-order valence-corrected chi connectivity index (χ2v) is 2.56. The van der Waals surface area contributed by atoms with Crippen molar-refractivity contribution in [1.82, 2.24) is 0 Å². The lowest BCUT2D eigenvalue weighted by molar-refractivity contribution is -0.128. The molecule has 0 bridgehead atoms. The van der Waals surface area contributed by atoms with E-state index in [-0.39, 0.29) is 0 Å². The zero-order chi connectivity index (χ0) is 7.49. The highest BCUT2D eigenvalue weighted by atomic mass is 31.2. The summed E-state index contributed by atoms with van der Waals surface area (Å²) in [6.07, 6.45) is 0.326. The molecule has 0 aliphatic carbocycles. The van der Waals surface area contributed by atoms with Gasteiger partial charge in [-0.1, -0.05) is 6.92 Å². The van der Waals surface area contributed by atoms with E-state index < -0.39 is 14.4 Å². The van der Waals surface area contributed by atoms with Gasteiger partial charge in [0.05, 0.1) is 0 Å². The van der Waals surface area contributed by atoms with Crippen LogP contribution in [0.2, 0.25) is 0 Å². The van der Waals surface area contributed by atoms with E-state index in [1.165, 1.54) is 6.92 Å². The summed E-state index contributed by atoms with van der Waals surface area (Å²) in [6, 6.07) is 0. The molecule has 5 heteroatoms. The second-order valence-electron chi connectivity index (χ2n) is 1.87. The summed E-state index contributed by atoms with van der Waals surface area (Å²) in [5, 5.41) is 8.97. The average molecular weight is 154 g/mol. The minimum Gasteiger partial charge on any atom is -0.365 e. The van der Waals surface area contributed by atoms with Crippen molar-refractivity contribution < 1.29 is 19.4 Å². The maximum atomic E-state index is 8.97. The molecule has 0 spiro atoms. The van der Waals surface area contributed by atoms with Crippen molar-refractivity contribution in [3.63, 3.8) is 0 Å². The topological polar surface area (TPSA) is 69.9 Å². The predicted molar refractivity (Wildman–Crippen MR) is 33.4 cm³/mol. The molecule has 0 rings (SSSR count). The molecule has 0 aliphatic heterocycles. The lowest BCUT2D eigenvalue weighted by Gasteiger charge is -2.20.